The third kappa shape index (κ3) is 4.69. The summed E-state index contributed by atoms with van der Waals surface area (Å²) in [6.45, 7) is 2.59. The first kappa shape index (κ1) is 18.6. The number of anilines is 1. The highest BCUT2D eigenvalue weighted by atomic mass is 19.1. The van der Waals surface area contributed by atoms with Crippen LogP contribution in [0.2, 0.25) is 0 Å². The second-order valence-electron chi connectivity index (χ2n) is 6.49. The first-order valence-corrected chi connectivity index (χ1v) is 8.61. The number of nitrogens with one attached hydrogen (secondary N) is 1. The molecule has 0 radical (unpaired) electrons. The molecule has 0 aromatic heterocycles. The highest BCUT2D eigenvalue weighted by molar-refractivity contribution is 6.35. The monoisotopic (exact) mass is 369 g/mol. The maximum absolute atomic E-state index is 13.0. The predicted octanol–water partition coefficient (Wildman–Crippen LogP) is 1.94. The molecule has 1 aliphatic rings. The van der Waals surface area contributed by atoms with E-state index in [0.29, 0.717) is 12.2 Å². The van der Waals surface area contributed by atoms with Gasteiger partial charge in [-0.3, -0.25) is 14.4 Å². The van der Waals surface area contributed by atoms with E-state index < -0.39 is 11.8 Å². The van der Waals surface area contributed by atoms with Gasteiger partial charge in [0.2, 0.25) is 5.91 Å². The van der Waals surface area contributed by atoms with E-state index in [2.05, 4.69) is 5.32 Å². The Balaban J connectivity index is 1.55. The van der Waals surface area contributed by atoms with E-state index >= 15 is 0 Å². The summed E-state index contributed by atoms with van der Waals surface area (Å²) in [6.07, 6.45) is 0. The molecule has 0 aliphatic carbocycles. The Morgan fingerprint density at radius 3 is 2.22 bits per heavy atom. The molecule has 3 rings (SSSR count). The van der Waals surface area contributed by atoms with Crippen molar-refractivity contribution in [2.24, 2.45) is 0 Å². The Hall–Kier alpha value is -3.22. The predicted molar refractivity (Wildman–Crippen MR) is 98.2 cm³/mol. The number of rotatable bonds is 5. The Morgan fingerprint density at radius 2 is 1.56 bits per heavy atom. The fourth-order valence-electron chi connectivity index (χ4n) is 2.84. The summed E-state index contributed by atoms with van der Waals surface area (Å²) in [7, 11) is 0. The fourth-order valence-corrected chi connectivity index (χ4v) is 2.84. The van der Waals surface area contributed by atoms with E-state index in [1.54, 1.807) is 24.3 Å². The molecular weight excluding hydrogens is 349 g/mol. The SMILES string of the molecule is Cc1ccc(NC(=O)CN2CCN(Cc3ccc(F)cc3)C(=O)C2=O)cc1. The van der Waals surface area contributed by atoms with Gasteiger partial charge in [-0.05, 0) is 36.8 Å². The normalized spacial score (nSPS) is 14.4. The standard InChI is InChI=1S/C20H20FN3O3/c1-14-2-8-17(9-3-14)22-18(25)13-24-11-10-23(19(26)20(24)27)12-15-4-6-16(21)7-5-15/h2-9H,10-13H2,1H3,(H,22,25). The van der Waals surface area contributed by atoms with Crippen molar-refractivity contribution in [2.45, 2.75) is 13.5 Å². The van der Waals surface area contributed by atoms with E-state index in [0.717, 1.165) is 11.1 Å². The highest BCUT2D eigenvalue weighted by Gasteiger charge is 2.33. The van der Waals surface area contributed by atoms with Gasteiger partial charge in [-0.2, -0.15) is 0 Å². The molecule has 27 heavy (non-hydrogen) atoms. The van der Waals surface area contributed by atoms with E-state index in [9.17, 15) is 18.8 Å². The van der Waals surface area contributed by atoms with Gasteiger partial charge in [-0.15, -0.1) is 0 Å². The molecule has 0 bridgehead atoms. The molecule has 1 heterocycles. The zero-order valence-electron chi connectivity index (χ0n) is 14.9. The van der Waals surface area contributed by atoms with Crippen molar-refractivity contribution < 1.29 is 18.8 Å². The van der Waals surface area contributed by atoms with Crippen molar-refractivity contribution in [3.63, 3.8) is 0 Å². The first-order valence-electron chi connectivity index (χ1n) is 8.61. The fraction of sp³-hybridized carbons (Fsp3) is 0.250. The number of benzene rings is 2. The van der Waals surface area contributed by atoms with Crippen LogP contribution in [0.25, 0.3) is 0 Å². The zero-order chi connectivity index (χ0) is 19.4. The van der Waals surface area contributed by atoms with E-state index in [1.165, 1.54) is 21.9 Å². The molecule has 140 valence electrons. The molecule has 1 aliphatic heterocycles. The minimum absolute atomic E-state index is 0.178. The quantitative estimate of drug-likeness (QED) is 0.819. The Bertz CT molecular complexity index is 850. The molecule has 1 fully saturated rings. The van der Waals surface area contributed by atoms with Crippen molar-refractivity contribution in [3.8, 4) is 0 Å². The number of nitrogens with zero attached hydrogens (tertiary/aromatic N) is 2. The van der Waals surface area contributed by atoms with E-state index in [-0.39, 0.29) is 31.4 Å². The number of carbonyl (C=O) groups excluding carboxylic acids is 3. The summed E-state index contributed by atoms with van der Waals surface area (Å²) in [6, 6.07) is 13.1. The van der Waals surface area contributed by atoms with Gasteiger partial charge in [-0.1, -0.05) is 29.8 Å². The smallest absolute Gasteiger partial charge is 0.312 e. The number of piperazine rings is 1. The van der Waals surface area contributed by atoms with Crippen molar-refractivity contribution in [1.29, 1.82) is 0 Å². The Kier molecular flexibility index (Phi) is 5.49. The van der Waals surface area contributed by atoms with Crippen LogP contribution in [0.15, 0.2) is 48.5 Å². The number of hydrogen-bond donors (Lipinski definition) is 1. The van der Waals surface area contributed by atoms with Gasteiger partial charge >= 0.3 is 11.8 Å². The van der Waals surface area contributed by atoms with Crippen LogP contribution in [-0.4, -0.2) is 47.2 Å². The maximum atomic E-state index is 13.0. The molecule has 2 aromatic carbocycles. The van der Waals surface area contributed by atoms with Gasteiger partial charge in [0.15, 0.2) is 0 Å². The second-order valence-corrected chi connectivity index (χ2v) is 6.49. The van der Waals surface area contributed by atoms with Crippen LogP contribution in [0.1, 0.15) is 11.1 Å². The molecule has 2 aromatic rings. The van der Waals surface area contributed by atoms with Crippen molar-refractivity contribution in [1.82, 2.24) is 9.80 Å². The summed E-state index contributed by atoms with van der Waals surface area (Å²) in [5, 5.41) is 2.71. The molecule has 6 nitrogen and oxygen atoms in total. The van der Waals surface area contributed by atoms with Crippen molar-refractivity contribution >= 4 is 23.4 Å². The summed E-state index contributed by atoms with van der Waals surface area (Å²) in [4.78, 5) is 39.4. The average Bonchev–Trinajstić information content (AvgIpc) is 2.65. The summed E-state index contributed by atoms with van der Waals surface area (Å²) < 4.78 is 13.0. The van der Waals surface area contributed by atoms with E-state index in [1.807, 2.05) is 19.1 Å². The van der Waals surface area contributed by atoms with Gasteiger partial charge in [0, 0.05) is 25.3 Å². The van der Waals surface area contributed by atoms with Gasteiger partial charge in [0.25, 0.3) is 0 Å². The van der Waals surface area contributed by atoms with Crippen LogP contribution >= 0.6 is 0 Å². The van der Waals surface area contributed by atoms with Gasteiger partial charge in [0.1, 0.15) is 12.4 Å². The van der Waals surface area contributed by atoms with Gasteiger partial charge in [-0.25, -0.2) is 4.39 Å². The van der Waals surface area contributed by atoms with Crippen LogP contribution in [-0.2, 0) is 20.9 Å². The van der Waals surface area contributed by atoms with E-state index in [4.69, 9.17) is 0 Å². The number of amides is 3. The summed E-state index contributed by atoms with van der Waals surface area (Å²) in [5.41, 5.74) is 2.45. The molecule has 0 saturated carbocycles. The number of carbonyl (C=O) groups is 3. The molecule has 0 atom stereocenters. The lowest BCUT2D eigenvalue weighted by Gasteiger charge is -2.33. The van der Waals surface area contributed by atoms with Crippen LogP contribution in [0.4, 0.5) is 10.1 Å². The maximum Gasteiger partial charge on any atom is 0.312 e. The third-order valence-corrected chi connectivity index (χ3v) is 4.35. The van der Waals surface area contributed by atoms with Crippen molar-refractivity contribution in [2.75, 3.05) is 25.0 Å². The molecule has 0 unspecified atom stereocenters. The number of hydrogen-bond acceptors (Lipinski definition) is 3. The highest BCUT2D eigenvalue weighted by Crippen LogP contribution is 2.13. The molecule has 0 spiro atoms. The van der Waals surface area contributed by atoms with Gasteiger partial charge < -0.3 is 15.1 Å². The topological polar surface area (TPSA) is 69.7 Å². The Morgan fingerprint density at radius 1 is 0.963 bits per heavy atom. The summed E-state index contributed by atoms with van der Waals surface area (Å²) >= 11 is 0. The van der Waals surface area contributed by atoms with Gasteiger partial charge in [0.05, 0.1) is 0 Å². The molecule has 1 N–H and O–H groups in total. The minimum Gasteiger partial charge on any atom is -0.328 e. The van der Waals surface area contributed by atoms with Crippen LogP contribution in [0, 0.1) is 12.7 Å². The van der Waals surface area contributed by atoms with Crippen LogP contribution in [0.5, 0.6) is 0 Å². The van der Waals surface area contributed by atoms with Crippen LogP contribution < -0.4 is 5.32 Å². The largest absolute Gasteiger partial charge is 0.328 e. The third-order valence-electron chi connectivity index (χ3n) is 4.35. The average molecular weight is 369 g/mol. The molecule has 1 saturated heterocycles. The lowest BCUT2D eigenvalue weighted by Crippen LogP contribution is -2.55. The first-order chi connectivity index (χ1) is 12.9. The zero-order valence-corrected chi connectivity index (χ0v) is 14.9. The molecular formula is C20H20FN3O3. The summed E-state index contributed by atoms with van der Waals surface area (Å²) in [5.74, 6) is -2.08. The number of aryl methyl sites for hydroxylation is 1. The lowest BCUT2D eigenvalue weighted by molar-refractivity contribution is -0.157. The van der Waals surface area contributed by atoms with Crippen molar-refractivity contribution in [3.05, 3.63) is 65.5 Å². The molecule has 7 heteroatoms. The number of halogens is 1. The van der Waals surface area contributed by atoms with Crippen LogP contribution in [0.3, 0.4) is 0 Å². The molecule has 3 amide bonds. The lowest BCUT2D eigenvalue weighted by atomic mass is 10.2. The second kappa shape index (κ2) is 7.99. The Labute approximate surface area is 156 Å². The minimum atomic E-state index is -0.706.